The number of hydrogen-bond acceptors (Lipinski definition) is 4. The van der Waals surface area contributed by atoms with Crippen LogP contribution in [0.15, 0.2) is 70.7 Å². The van der Waals surface area contributed by atoms with Crippen LogP contribution in [0.4, 0.5) is 5.69 Å². The lowest BCUT2D eigenvalue weighted by Gasteiger charge is -2.15. The Labute approximate surface area is 184 Å². The lowest BCUT2D eigenvalue weighted by Crippen LogP contribution is -2.26. The highest BCUT2D eigenvalue weighted by Gasteiger charge is 2.19. The van der Waals surface area contributed by atoms with Gasteiger partial charge in [0, 0.05) is 23.5 Å². The summed E-state index contributed by atoms with van der Waals surface area (Å²) in [5.41, 5.74) is 4.60. The van der Waals surface area contributed by atoms with Crippen LogP contribution in [0.25, 0.3) is 22.2 Å². The van der Waals surface area contributed by atoms with Crippen molar-refractivity contribution < 1.29 is 4.79 Å². The summed E-state index contributed by atoms with van der Waals surface area (Å²) < 4.78 is 1.64. The molecular formula is C24H24N4O2S. The molecule has 7 heteroatoms. The van der Waals surface area contributed by atoms with E-state index in [1.54, 1.807) is 4.57 Å². The Kier molecular flexibility index (Phi) is 5.95. The highest BCUT2D eigenvalue weighted by Crippen LogP contribution is 2.28. The Morgan fingerprint density at radius 3 is 2.55 bits per heavy atom. The minimum Gasteiger partial charge on any atom is -0.355 e. The molecule has 0 bridgehead atoms. The topological polar surface area (TPSA) is 79.8 Å². The third-order valence-corrected chi connectivity index (χ3v) is 6.00. The molecule has 1 amide bonds. The molecule has 0 radical (unpaired) electrons. The molecule has 31 heavy (non-hydrogen) atoms. The third-order valence-electron chi connectivity index (χ3n) is 5.05. The molecule has 4 aromatic rings. The van der Waals surface area contributed by atoms with Crippen molar-refractivity contribution in [2.24, 2.45) is 0 Å². The second kappa shape index (κ2) is 8.81. The maximum Gasteiger partial charge on any atom is 0.278 e. The van der Waals surface area contributed by atoms with Gasteiger partial charge in [-0.05, 0) is 38.0 Å². The maximum absolute atomic E-state index is 13.2. The van der Waals surface area contributed by atoms with Crippen molar-refractivity contribution in [1.29, 1.82) is 0 Å². The monoisotopic (exact) mass is 432 g/mol. The number of aryl methyl sites for hydroxylation is 1. The summed E-state index contributed by atoms with van der Waals surface area (Å²) in [7, 11) is 0. The van der Waals surface area contributed by atoms with Gasteiger partial charge in [-0.15, -0.1) is 0 Å². The smallest absolute Gasteiger partial charge is 0.278 e. The van der Waals surface area contributed by atoms with E-state index in [4.69, 9.17) is 4.98 Å². The number of carbonyl (C=O) groups excluding carboxylic acids is 1. The maximum atomic E-state index is 13.2. The van der Waals surface area contributed by atoms with Crippen LogP contribution in [0.5, 0.6) is 0 Å². The van der Waals surface area contributed by atoms with Crippen LogP contribution in [0.3, 0.4) is 0 Å². The number of fused-ring (bicyclic) bond motifs is 1. The molecule has 0 aliphatic heterocycles. The average Bonchev–Trinajstić information content (AvgIpc) is 3.18. The van der Waals surface area contributed by atoms with E-state index >= 15 is 0 Å². The molecular weight excluding hydrogens is 408 g/mol. The summed E-state index contributed by atoms with van der Waals surface area (Å²) in [5.74, 6) is 0.0192. The molecule has 2 heterocycles. The number of thioether (sulfide) groups is 1. The first-order valence-corrected chi connectivity index (χ1v) is 11.1. The Morgan fingerprint density at radius 2 is 1.84 bits per heavy atom. The van der Waals surface area contributed by atoms with Crippen molar-refractivity contribution in [3.8, 4) is 11.1 Å². The SMILES string of the molecule is Cc1ccccc1NC(=O)CSc1nc2c(-c3ccccc3)c[nH]c2c(=O)n1C(C)C. The first-order chi connectivity index (χ1) is 15.0. The normalized spacial score (nSPS) is 11.2. The highest BCUT2D eigenvalue weighted by atomic mass is 32.2. The number of carbonyl (C=O) groups is 1. The zero-order valence-electron chi connectivity index (χ0n) is 17.7. The summed E-state index contributed by atoms with van der Waals surface area (Å²) in [6, 6.07) is 17.4. The number of H-pyrrole nitrogens is 1. The van der Waals surface area contributed by atoms with Crippen molar-refractivity contribution in [2.45, 2.75) is 32.0 Å². The summed E-state index contributed by atoms with van der Waals surface area (Å²) in [6.07, 6.45) is 1.82. The predicted molar refractivity (Wildman–Crippen MR) is 127 cm³/mol. The molecule has 0 saturated heterocycles. The molecule has 0 spiro atoms. The van der Waals surface area contributed by atoms with Gasteiger partial charge in [0.05, 0.1) is 5.75 Å². The van der Waals surface area contributed by atoms with E-state index < -0.39 is 0 Å². The number of amides is 1. The summed E-state index contributed by atoms with van der Waals surface area (Å²) >= 11 is 1.27. The van der Waals surface area contributed by atoms with Crippen molar-refractivity contribution in [1.82, 2.24) is 14.5 Å². The first-order valence-electron chi connectivity index (χ1n) is 10.1. The van der Waals surface area contributed by atoms with E-state index in [0.29, 0.717) is 16.2 Å². The van der Waals surface area contributed by atoms with Crippen LogP contribution in [0.1, 0.15) is 25.5 Å². The van der Waals surface area contributed by atoms with Crippen LogP contribution in [0, 0.1) is 6.92 Å². The number of rotatable bonds is 6. The molecule has 0 unspecified atom stereocenters. The minimum atomic E-state index is -0.138. The zero-order valence-corrected chi connectivity index (χ0v) is 18.5. The Morgan fingerprint density at radius 1 is 1.13 bits per heavy atom. The van der Waals surface area contributed by atoms with E-state index in [1.807, 2.05) is 81.6 Å². The quantitative estimate of drug-likeness (QED) is 0.331. The molecule has 158 valence electrons. The molecule has 0 fully saturated rings. The Hall–Kier alpha value is -3.32. The Bertz CT molecular complexity index is 1290. The molecule has 0 saturated carbocycles. The summed E-state index contributed by atoms with van der Waals surface area (Å²) in [6.45, 7) is 5.83. The molecule has 2 aromatic carbocycles. The summed E-state index contributed by atoms with van der Waals surface area (Å²) in [4.78, 5) is 33.6. The number of nitrogens with one attached hydrogen (secondary N) is 2. The van der Waals surface area contributed by atoms with Gasteiger partial charge >= 0.3 is 0 Å². The first kappa shape index (κ1) is 20.9. The fourth-order valence-corrected chi connectivity index (χ4v) is 4.40. The molecule has 4 rings (SSSR count). The van der Waals surface area contributed by atoms with Crippen molar-refractivity contribution in [2.75, 3.05) is 11.1 Å². The van der Waals surface area contributed by atoms with Gasteiger partial charge in [0.1, 0.15) is 11.0 Å². The van der Waals surface area contributed by atoms with Gasteiger partial charge in [0.25, 0.3) is 5.56 Å². The number of benzene rings is 2. The lowest BCUT2D eigenvalue weighted by atomic mass is 10.1. The summed E-state index contributed by atoms with van der Waals surface area (Å²) in [5, 5.41) is 3.46. The zero-order chi connectivity index (χ0) is 22.0. The number of aromatic nitrogens is 3. The van der Waals surface area contributed by atoms with Crippen molar-refractivity contribution >= 4 is 34.4 Å². The van der Waals surface area contributed by atoms with E-state index in [0.717, 1.165) is 22.4 Å². The van der Waals surface area contributed by atoms with E-state index in [2.05, 4.69) is 10.3 Å². The lowest BCUT2D eigenvalue weighted by molar-refractivity contribution is -0.113. The van der Waals surface area contributed by atoms with Gasteiger partial charge in [0.15, 0.2) is 5.16 Å². The third kappa shape index (κ3) is 4.27. The van der Waals surface area contributed by atoms with Gasteiger partial charge in [0.2, 0.25) is 5.91 Å². The second-order valence-electron chi connectivity index (χ2n) is 7.61. The molecule has 6 nitrogen and oxygen atoms in total. The van der Waals surface area contributed by atoms with Crippen LogP contribution in [-0.4, -0.2) is 26.2 Å². The second-order valence-corrected chi connectivity index (χ2v) is 8.55. The average molecular weight is 433 g/mol. The Balaban J connectivity index is 1.67. The van der Waals surface area contributed by atoms with Crippen LogP contribution in [0.2, 0.25) is 0 Å². The van der Waals surface area contributed by atoms with Crippen LogP contribution >= 0.6 is 11.8 Å². The van der Waals surface area contributed by atoms with Crippen LogP contribution in [-0.2, 0) is 4.79 Å². The van der Waals surface area contributed by atoms with Gasteiger partial charge in [-0.25, -0.2) is 4.98 Å². The fourth-order valence-electron chi connectivity index (χ4n) is 3.48. The molecule has 2 aromatic heterocycles. The minimum absolute atomic E-state index is 0.0881. The standard InChI is InChI=1S/C24H24N4O2S/c1-15(2)28-23(30)22-21(18(13-25-22)17-10-5-4-6-11-17)27-24(28)31-14-20(29)26-19-12-8-7-9-16(19)3/h4-13,15,25H,14H2,1-3H3,(H,26,29). The fraction of sp³-hybridized carbons (Fsp3) is 0.208. The van der Waals surface area contributed by atoms with Crippen molar-refractivity contribution in [3.05, 3.63) is 76.7 Å². The number of aromatic amines is 1. The van der Waals surface area contributed by atoms with Crippen molar-refractivity contribution in [3.63, 3.8) is 0 Å². The van der Waals surface area contributed by atoms with E-state index in [9.17, 15) is 9.59 Å². The van der Waals surface area contributed by atoms with Crippen LogP contribution < -0.4 is 10.9 Å². The van der Waals surface area contributed by atoms with E-state index in [-0.39, 0.29) is 23.3 Å². The van der Waals surface area contributed by atoms with Gasteiger partial charge in [-0.2, -0.15) is 0 Å². The number of anilines is 1. The number of para-hydroxylation sites is 1. The van der Waals surface area contributed by atoms with Gasteiger partial charge < -0.3 is 10.3 Å². The molecule has 2 N–H and O–H groups in total. The van der Waals surface area contributed by atoms with Gasteiger partial charge in [-0.1, -0.05) is 60.3 Å². The molecule has 0 atom stereocenters. The van der Waals surface area contributed by atoms with Gasteiger partial charge in [-0.3, -0.25) is 14.2 Å². The predicted octanol–water partition coefficient (Wildman–Crippen LogP) is 5.01. The molecule has 0 aliphatic rings. The van der Waals surface area contributed by atoms with E-state index in [1.165, 1.54) is 11.8 Å². The number of nitrogens with zero attached hydrogens (tertiary/aromatic N) is 2. The molecule has 0 aliphatic carbocycles. The number of hydrogen-bond donors (Lipinski definition) is 2. The largest absolute Gasteiger partial charge is 0.355 e. The highest BCUT2D eigenvalue weighted by molar-refractivity contribution is 7.99.